The Morgan fingerprint density at radius 1 is 1.21 bits per heavy atom. The van der Waals surface area contributed by atoms with Crippen molar-refractivity contribution < 1.29 is 4.74 Å². The normalized spacial score (nSPS) is 11.1. The second-order valence-corrected chi connectivity index (χ2v) is 4.65. The maximum absolute atomic E-state index is 4.99. The molecular formula is C11H25NOS. The Morgan fingerprint density at radius 3 is 2.50 bits per heavy atom. The van der Waals surface area contributed by atoms with E-state index in [9.17, 15) is 0 Å². The van der Waals surface area contributed by atoms with Gasteiger partial charge in [0.1, 0.15) is 0 Å². The van der Waals surface area contributed by atoms with Gasteiger partial charge in [-0.3, -0.25) is 0 Å². The minimum absolute atomic E-state index is 0.717. The number of thioether (sulfide) groups is 1. The summed E-state index contributed by atoms with van der Waals surface area (Å²) in [6, 6.07) is 0.717. The van der Waals surface area contributed by atoms with Gasteiger partial charge in [-0.15, -0.1) is 0 Å². The molecule has 1 N–H and O–H groups in total. The Kier molecular flexibility index (Phi) is 11.6. The monoisotopic (exact) mass is 219 g/mol. The molecule has 0 unspecified atom stereocenters. The van der Waals surface area contributed by atoms with Crippen molar-refractivity contribution >= 4 is 11.8 Å². The molecule has 0 heterocycles. The summed E-state index contributed by atoms with van der Waals surface area (Å²) < 4.78 is 4.99. The average Bonchev–Trinajstić information content (AvgIpc) is 2.22. The van der Waals surface area contributed by atoms with Crippen molar-refractivity contribution in [2.45, 2.75) is 39.2 Å². The summed E-state index contributed by atoms with van der Waals surface area (Å²) in [5, 5.41) is 3.56. The summed E-state index contributed by atoms with van der Waals surface area (Å²) in [7, 11) is 1.76. The topological polar surface area (TPSA) is 21.3 Å². The summed E-state index contributed by atoms with van der Waals surface area (Å²) in [5.74, 6) is 2.44. The first-order chi connectivity index (χ1) is 6.85. The lowest BCUT2D eigenvalue weighted by atomic mass is 10.2. The molecular weight excluding hydrogens is 194 g/mol. The first kappa shape index (κ1) is 14.3. The van der Waals surface area contributed by atoms with Gasteiger partial charge in [-0.05, 0) is 25.0 Å². The van der Waals surface area contributed by atoms with Crippen LogP contribution in [-0.2, 0) is 4.74 Å². The van der Waals surface area contributed by atoms with Gasteiger partial charge in [0.15, 0.2) is 0 Å². The van der Waals surface area contributed by atoms with Crippen molar-refractivity contribution in [3.05, 3.63) is 0 Å². The second kappa shape index (κ2) is 11.3. The fourth-order valence-corrected chi connectivity index (χ4v) is 2.11. The van der Waals surface area contributed by atoms with E-state index < -0.39 is 0 Å². The molecule has 0 aliphatic heterocycles. The molecule has 0 atom stereocenters. The minimum Gasteiger partial charge on any atom is -0.385 e. The maximum Gasteiger partial charge on any atom is 0.0470 e. The number of ether oxygens (including phenoxy) is 1. The average molecular weight is 219 g/mol. The maximum atomic E-state index is 4.99. The number of hydrogen-bond acceptors (Lipinski definition) is 3. The molecule has 3 heteroatoms. The summed E-state index contributed by atoms with van der Waals surface area (Å²) in [6.45, 7) is 6.52. The number of methoxy groups -OCH3 is 1. The summed E-state index contributed by atoms with van der Waals surface area (Å²) >= 11 is 2.01. The Morgan fingerprint density at radius 2 is 1.93 bits per heavy atom. The molecule has 0 bridgehead atoms. The van der Waals surface area contributed by atoms with E-state index in [0.29, 0.717) is 0 Å². The van der Waals surface area contributed by atoms with Gasteiger partial charge in [-0.25, -0.2) is 0 Å². The molecule has 0 radical (unpaired) electrons. The van der Waals surface area contributed by atoms with Crippen molar-refractivity contribution in [2.75, 3.05) is 31.8 Å². The highest BCUT2D eigenvalue weighted by Crippen LogP contribution is 2.02. The molecule has 0 aromatic heterocycles. The minimum atomic E-state index is 0.717. The van der Waals surface area contributed by atoms with Crippen LogP contribution in [0.1, 0.15) is 33.1 Å². The van der Waals surface area contributed by atoms with Crippen LogP contribution in [0.4, 0.5) is 0 Å². The Labute approximate surface area is 93.2 Å². The molecule has 0 fully saturated rings. The Hall–Kier alpha value is 0.270. The smallest absolute Gasteiger partial charge is 0.0470 e. The SMILES string of the molecule is CCC(CC)NCCSCCCOC. The van der Waals surface area contributed by atoms with E-state index in [-0.39, 0.29) is 0 Å². The highest BCUT2D eigenvalue weighted by atomic mass is 32.2. The Balaban J connectivity index is 3.04. The summed E-state index contributed by atoms with van der Waals surface area (Å²) in [6.07, 6.45) is 3.65. The van der Waals surface area contributed by atoms with Crippen LogP contribution in [0.5, 0.6) is 0 Å². The zero-order valence-electron chi connectivity index (χ0n) is 9.84. The molecule has 0 spiro atoms. The lowest BCUT2D eigenvalue weighted by Crippen LogP contribution is -2.29. The van der Waals surface area contributed by atoms with Gasteiger partial charge in [0.25, 0.3) is 0 Å². The van der Waals surface area contributed by atoms with Crippen molar-refractivity contribution in [1.82, 2.24) is 5.32 Å². The third-order valence-electron chi connectivity index (χ3n) is 2.30. The predicted octanol–water partition coefficient (Wildman–Crippen LogP) is 2.53. The first-order valence-electron chi connectivity index (χ1n) is 5.65. The van der Waals surface area contributed by atoms with Gasteiger partial charge in [0.05, 0.1) is 0 Å². The van der Waals surface area contributed by atoms with E-state index in [1.807, 2.05) is 11.8 Å². The number of rotatable bonds is 10. The lowest BCUT2D eigenvalue weighted by Gasteiger charge is -2.13. The standard InChI is InChI=1S/C11H25NOS/c1-4-11(5-2)12-7-10-14-9-6-8-13-3/h11-12H,4-10H2,1-3H3. The van der Waals surface area contributed by atoms with Crippen LogP contribution in [0.3, 0.4) is 0 Å². The van der Waals surface area contributed by atoms with E-state index in [4.69, 9.17) is 4.74 Å². The molecule has 0 rings (SSSR count). The van der Waals surface area contributed by atoms with E-state index in [0.717, 1.165) is 19.2 Å². The molecule has 0 amide bonds. The fraction of sp³-hybridized carbons (Fsp3) is 1.00. The number of hydrogen-bond donors (Lipinski definition) is 1. The Bertz CT molecular complexity index is 107. The molecule has 0 aliphatic carbocycles. The van der Waals surface area contributed by atoms with Gasteiger partial charge < -0.3 is 10.1 Å². The molecule has 0 aromatic rings. The first-order valence-corrected chi connectivity index (χ1v) is 6.80. The summed E-state index contributed by atoms with van der Waals surface area (Å²) in [5.41, 5.74) is 0. The van der Waals surface area contributed by atoms with Gasteiger partial charge >= 0.3 is 0 Å². The number of nitrogens with one attached hydrogen (secondary N) is 1. The van der Waals surface area contributed by atoms with Crippen LogP contribution < -0.4 is 5.32 Å². The molecule has 86 valence electrons. The lowest BCUT2D eigenvalue weighted by molar-refractivity contribution is 0.200. The molecule has 0 aromatic carbocycles. The largest absolute Gasteiger partial charge is 0.385 e. The van der Waals surface area contributed by atoms with Crippen molar-refractivity contribution in [3.8, 4) is 0 Å². The van der Waals surface area contributed by atoms with E-state index in [1.54, 1.807) is 7.11 Å². The van der Waals surface area contributed by atoms with Gasteiger partial charge in [0.2, 0.25) is 0 Å². The third kappa shape index (κ3) is 8.85. The van der Waals surface area contributed by atoms with E-state index in [1.165, 1.54) is 30.8 Å². The van der Waals surface area contributed by atoms with Crippen molar-refractivity contribution in [2.24, 2.45) is 0 Å². The zero-order valence-corrected chi connectivity index (χ0v) is 10.7. The van der Waals surface area contributed by atoms with Crippen LogP contribution in [-0.4, -0.2) is 37.8 Å². The second-order valence-electron chi connectivity index (χ2n) is 3.43. The van der Waals surface area contributed by atoms with Crippen LogP contribution in [0, 0.1) is 0 Å². The van der Waals surface area contributed by atoms with E-state index >= 15 is 0 Å². The van der Waals surface area contributed by atoms with Gasteiger partial charge in [-0.1, -0.05) is 13.8 Å². The van der Waals surface area contributed by atoms with Crippen LogP contribution in [0.25, 0.3) is 0 Å². The predicted molar refractivity (Wildman–Crippen MR) is 66.2 cm³/mol. The van der Waals surface area contributed by atoms with Crippen LogP contribution in [0.15, 0.2) is 0 Å². The summed E-state index contributed by atoms with van der Waals surface area (Å²) in [4.78, 5) is 0. The highest BCUT2D eigenvalue weighted by molar-refractivity contribution is 7.99. The van der Waals surface area contributed by atoms with Crippen LogP contribution >= 0.6 is 11.8 Å². The van der Waals surface area contributed by atoms with Crippen molar-refractivity contribution in [3.63, 3.8) is 0 Å². The van der Waals surface area contributed by atoms with Crippen molar-refractivity contribution in [1.29, 1.82) is 0 Å². The molecule has 2 nitrogen and oxygen atoms in total. The van der Waals surface area contributed by atoms with Gasteiger partial charge in [-0.2, -0.15) is 11.8 Å². The molecule has 0 aliphatic rings. The third-order valence-corrected chi connectivity index (χ3v) is 3.37. The van der Waals surface area contributed by atoms with Gasteiger partial charge in [0, 0.05) is 32.1 Å². The zero-order chi connectivity index (χ0) is 10.6. The quantitative estimate of drug-likeness (QED) is 0.571. The highest BCUT2D eigenvalue weighted by Gasteiger charge is 2.00. The van der Waals surface area contributed by atoms with Crippen LogP contribution in [0.2, 0.25) is 0 Å². The molecule has 0 saturated heterocycles. The van der Waals surface area contributed by atoms with E-state index in [2.05, 4.69) is 19.2 Å². The molecule has 14 heavy (non-hydrogen) atoms. The molecule has 0 saturated carbocycles. The fourth-order valence-electron chi connectivity index (χ4n) is 1.32.